The molecular formula is C13H17N3O2S. The Morgan fingerprint density at radius 1 is 1.47 bits per heavy atom. The van der Waals surface area contributed by atoms with Crippen molar-refractivity contribution in [2.24, 2.45) is 0 Å². The fraction of sp³-hybridized carbons (Fsp3) is 0.462. The lowest BCUT2D eigenvalue weighted by molar-refractivity contribution is 0.452. The van der Waals surface area contributed by atoms with E-state index >= 15 is 0 Å². The average molecular weight is 279 g/mol. The maximum atomic E-state index is 12.4. The van der Waals surface area contributed by atoms with Gasteiger partial charge in [-0.25, -0.2) is 13.1 Å². The van der Waals surface area contributed by atoms with Gasteiger partial charge in [-0.15, -0.1) is 0 Å². The maximum Gasteiger partial charge on any atom is 0.241 e. The van der Waals surface area contributed by atoms with Crippen LogP contribution in [0.4, 0.5) is 0 Å². The van der Waals surface area contributed by atoms with E-state index in [0.29, 0.717) is 17.7 Å². The summed E-state index contributed by atoms with van der Waals surface area (Å²) in [7, 11) is -3.56. The molecule has 1 aromatic rings. The smallest absolute Gasteiger partial charge is 0.241 e. The van der Waals surface area contributed by atoms with Crippen LogP contribution in [0.1, 0.15) is 24.5 Å². The van der Waals surface area contributed by atoms with Crippen LogP contribution in [0.2, 0.25) is 0 Å². The van der Waals surface area contributed by atoms with Crippen LogP contribution in [-0.4, -0.2) is 27.0 Å². The summed E-state index contributed by atoms with van der Waals surface area (Å²) in [5, 5.41) is 12.0. The van der Waals surface area contributed by atoms with Gasteiger partial charge in [0.05, 0.1) is 16.5 Å². The van der Waals surface area contributed by atoms with Crippen LogP contribution < -0.4 is 10.0 Å². The Morgan fingerprint density at radius 3 is 2.74 bits per heavy atom. The molecule has 1 unspecified atom stereocenters. The molecule has 1 aromatic carbocycles. The van der Waals surface area contributed by atoms with Crippen molar-refractivity contribution in [3.8, 4) is 6.07 Å². The van der Waals surface area contributed by atoms with Crippen molar-refractivity contribution >= 4 is 10.0 Å². The lowest BCUT2D eigenvalue weighted by atomic mass is 10.0. The van der Waals surface area contributed by atoms with Gasteiger partial charge in [0.25, 0.3) is 0 Å². The Hall–Kier alpha value is -1.42. The molecule has 1 fully saturated rings. The van der Waals surface area contributed by atoms with Gasteiger partial charge >= 0.3 is 0 Å². The standard InChI is InChI=1S/C13H17N3O2S/c1-10-7-11(8-14)3-4-12(10)19(17,18)16-13(2)5-6-15-9-13/h3-4,7,15-16H,5-6,9H2,1-2H3. The van der Waals surface area contributed by atoms with Crippen LogP contribution in [0.5, 0.6) is 0 Å². The summed E-state index contributed by atoms with van der Waals surface area (Å²) in [6.07, 6.45) is 0.765. The molecule has 0 spiro atoms. The number of hydrogen-bond acceptors (Lipinski definition) is 4. The number of hydrogen-bond donors (Lipinski definition) is 2. The van der Waals surface area contributed by atoms with Crippen molar-refractivity contribution in [3.05, 3.63) is 29.3 Å². The zero-order valence-corrected chi connectivity index (χ0v) is 11.8. The third-order valence-electron chi connectivity index (χ3n) is 3.34. The van der Waals surface area contributed by atoms with E-state index in [9.17, 15) is 8.42 Å². The quantitative estimate of drug-likeness (QED) is 0.861. The summed E-state index contributed by atoms with van der Waals surface area (Å²) in [6, 6.07) is 6.60. The molecule has 0 aromatic heterocycles. The zero-order chi connectivity index (χ0) is 14.1. The lowest BCUT2D eigenvalue weighted by Gasteiger charge is -2.24. The highest BCUT2D eigenvalue weighted by atomic mass is 32.2. The first-order valence-corrected chi connectivity index (χ1v) is 7.60. The molecule has 1 heterocycles. The fourth-order valence-electron chi connectivity index (χ4n) is 2.30. The van der Waals surface area contributed by atoms with Crippen LogP contribution in [0.25, 0.3) is 0 Å². The van der Waals surface area contributed by atoms with Gasteiger partial charge in [-0.05, 0) is 50.6 Å². The third-order valence-corrected chi connectivity index (χ3v) is 5.14. The molecule has 6 heteroatoms. The predicted molar refractivity (Wildman–Crippen MR) is 72.1 cm³/mol. The minimum absolute atomic E-state index is 0.236. The minimum Gasteiger partial charge on any atom is -0.315 e. The predicted octanol–water partition coefficient (Wildman–Crippen LogP) is 0.897. The second-order valence-electron chi connectivity index (χ2n) is 5.19. The number of benzene rings is 1. The van der Waals surface area contributed by atoms with Crippen molar-refractivity contribution < 1.29 is 8.42 Å². The molecule has 2 N–H and O–H groups in total. The van der Waals surface area contributed by atoms with Gasteiger partial charge in [-0.2, -0.15) is 5.26 Å². The number of nitrogens with zero attached hydrogens (tertiary/aromatic N) is 1. The van der Waals surface area contributed by atoms with Gasteiger partial charge in [0, 0.05) is 12.1 Å². The summed E-state index contributed by atoms with van der Waals surface area (Å²) >= 11 is 0. The summed E-state index contributed by atoms with van der Waals surface area (Å²) < 4.78 is 27.5. The van der Waals surface area contributed by atoms with Gasteiger partial charge in [0.1, 0.15) is 0 Å². The van der Waals surface area contributed by atoms with E-state index in [1.54, 1.807) is 13.0 Å². The number of nitrogens with one attached hydrogen (secondary N) is 2. The molecule has 102 valence electrons. The van der Waals surface area contributed by atoms with Crippen molar-refractivity contribution in [1.82, 2.24) is 10.0 Å². The first-order chi connectivity index (χ1) is 8.86. The van der Waals surface area contributed by atoms with Gasteiger partial charge in [0.15, 0.2) is 0 Å². The second kappa shape index (κ2) is 4.93. The van der Waals surface area contributed by atoms with Crippen LogP contribution in [0, 0.1) is 18.3 Å². The topological polar surface area (TPSA) is 82.0 Å². The molecule has 2 rings (SSSR count). The van der Waals surface area contributed by atoms with Gasteiger partial charge in [-0.3, -0.25) is 0 Å². The zero-order valence-electron chi connectivity index (χ0n) is 11.0. The first kappa shape index (κ1) is 14.0. The van der Waals surface area contributed by atoms with Gasteiger partial charge in [0.2, 0.25) is 10.0 Å². The largest absolute Gasteiger partial charge is 0.315 e. The molecule has 19 heavy (non-hydrogen) atoms. The molecule has 0 aliphatic carbocycles. The highest BCUT2D eigenvalue weighted by molar-refractivity contribution is 7.89. The summed E-state index contributed by atoms with van der Waals surface area (Å²) in [5.74, 6) is 0. The normalized spacial score (nSPS) is 23.2. The minimum atomic E-state index is -3.56. The molecule has 1 aliphatic rings. The van der Waals surface area contributed by atoms with Crippen molar-refractivity contribution in [3.63, 3.8) is 0 Å². The van der Waals surface area contributed by atoms with Crippen LogP contribution in [0.15, 0.2) is 23.1 Å². The Balaban J connectivity index is 2.32. The number of sulfonamides is 1. The van der Waals surface area contributed by atoms with Gasteiger partial charge in [-0.1, -0.05) is 0 Å². The molecular weight excluding hydrogens is 262 g/mol. The molecule has 0 saturated carbocycles. The van der Waals surface area contributed by atoms with Crippen LogP contribution >= 0.6 is 0 Å². The first-order valence-electron chi connectivity index (χ1n) is 6.12. The van der Waals surface area contributed by atoms with E-state index in [1.807, 2.05) is 13.0 Å². The average Bonchev–Trinajstić information content (AvgIpc) is 2.74. The van der Waals surface area contributed by atoms with Crippen molar-refractivity contribution in [2.45, 2.75) is 30.7 Å². The van der Waals surface area contributed by atoms with E-state index in [0.717, 1.165) is 13.0 Å². The number of aryl methyl sites for hydroxylation is 1. The molecule has 0 bridgehead atoms. The summed E-state index contributed by atoms with van der Waals surface area (Å²) in [6.45, 7) is 5.03. The Labute approximate surface area is 113 Å². The Bertz CT molecular complexity index is 626. The summed E-state index contributed by atoms with van der Waals surface area (Å²) in [4.78, 5) is 0.236. The van der Waals surface area contributed by atoms with Gasteiger partial charge < -0.3 is 5.32 Å². The van der Waals surface area contributed by atoms with Crippen LogP contribution in [-0.2, 0) is 10.0 Å². The molecule has 5 nitrogen and oxygen atoms in total. The molecule has 1 saturated heterocycles. The second-order valence-corrected chi connectivity index (χ2v) is 6.84. The highest BCUT2D eigenvalue weighted by Gasteiger charge is 2.33. The number of rotatable bonds is 3. The Kier molecular flexibility index (Phi) is 3.63. The molecule has 0 amide bonds. The van der Waals surface area contributed by atoms with E-state index in [1.165, 1.54) is 12.1 Å². The van der Waals surface area contributed by atoms with E-state index in [4.69, 9.17) is 5.26 Å². The van der Waals surface area contributed by atoms with E-state index in [-0.39, 0.29) is 4.90 Å². The fourth-order valence-corrected chi connectivity index (χ4v) is 3.97. The summed E-state index contributed by atoms with van der Waals surface area (Å²) in [5.41, 5.74) is 0.602. The van der Waals surface area contributed by atoms with Crippen molar-refractivity contribution in [2.75, 3.05) is 13.1 Å². The monoisotopic (exact) mass is 279 g/mol. The van der Waals surface area contributed by atoms with E-state index in [2.05, 4.69) is 10.0 Å². The molecule has 1 aliphatic heterocycles. The molecule has 1 atom stereocenters. The molecule has 0 radical (unpaired) electrons. The number of nitriles is 1. The maximum absolute atomic E-state index is 12.4. The lowest BCUT2D eigenvalue weighted by Crippen LogP contribution is -2.47. The Morgan fingerprint density at radius 2 is 2.21 bits per heavy atom. The van der Waals surface area contributed by atoms with Crippen molar-refractivity contribution in [1.29, 1.82) is 5.26 Å². The third kappa shape index (κ3) is 2.95. The highest BCUT2D eigenvalue weighted by Crippen LogP contribution is 2.21. The van der Waals surface area contributed by atoms with Crippen LogP contribution in [0.3, 0.4) is 0 Å². The van der Waals surface area contributed by atoms with E-state index < -0.39 is 15.6 Å². The SMILES string of the molecule is Cc1cc(C#N)ccc1S(=O)(=O)NC1(C)CCNC1.